The Kier molecular flexibility index (Phi) is 6.82. The predicted molar refractivity (Wildman–Crippen MR) is 137 cm³/mol. The lowest BCUT2D eigenvalue weighted by molar-refractivity contribution is 0.0265. The number of halogens is 1. The van der Waals surface area contributed by atoms with Crippen molar-refractivity contribution in [2.45, 2.75) is 31.4 Å². The van der Waals surface area contributed by atoms with E-state index in [-0.39, 0.29) is 5.78 Å². The lowest BCUT2D eigenvalue weighted by atomic mass is 9.87. The average Bonchev–Trinajstić information content (AvgIpc) is 3.31. The number of aromatic amines is 1. The van der Waals surface area contributed by atoms with Crippen LogP contribution in [0.3, 0.4) is 0 Å². The fourth-order valence-corrected chi connectivity index (χ4v) is 5.34. The molecule has 174 valence electrons. The van der Waals surface area contributed by atoms with Crippen molar-refractivity contribution in [3.63, 3.8) is 0 Å². The number of carbonyl (C=O) groups is 1. The van der Waals surface area contributed by atoms with Gasteiger partial charge >= 0.3 is 0 Å². The van der Waals surface area contributed by atoms with E-state index in [1.807, 2.05) is 48.5 Å². The minimum absolute atomic E-state index is 0.260. The molecule has 4 nitrogen and oxygen atoms in total. The van der Waals surface area contributed by atoms with Gasteiger partial charge in [0.05, 0.1) is 6.04 Å². The molecule has 34 heavy (non-hydrogen) atoms. The number of Topliss-reactive ketones (excluding diaryl/α,β-unsaturated/α-hetero) is 1. The van der Waals surface area contributed by atoms with E-state index in [4.69, 9.17) is 11.6 Å². The predicted octanol–water partition coefficient (Wildman–Crippen LogP) is 6.06. The van der Waals surface area contributed by atoms with Crippen molar-refractivity contribution in [2.24, 2.45) is 5.92 Å². The van der Waals surface area contributed by atoms with Gasteiger partial charge in [0.25, 0.3) is 0 Å². The molecule has 1 saturated heterocycles. The molecule has 0 aliphatic carbocycles. The van der Waals surface area contributed by atoms with Crippen LogP contribution in [-0.2, 0) is 6.42 Å². The molecule has 0 amide bonds. The van der Waals surface area contributed by atoms with Crippen LogP contribution in [0.15, 0.2) is 85.1 Å². The minimum atomic E-state index is -1.17. The number of nitrogens with one attached hydrogen (secondary N) is 1. The van der Waals surface area contributed by atoms with Gasteiger partial charge in [-0.1, -0.05) is 72.3 Å². The molecule has 0 spiro atoms. The molecule has 0 unspecified atom stereocenters. The number of carbonyl (C=O) groups excluding carboxylic acids is 1. The third-order valence-corrected chi connectivity index (χ3v) is 7.30. The smallest absolute Gasteiger partial charge is 0.195 e. The minimum Gasteiger partial charge on any atom is -0.383 e. The molecule has 2 heterocycles. The summed E-state index contributed by atoms with van der Waals surface area (Å²) >= 11 is 6.14. The quantitative estimate of drug-likeness (QED) is 0.321. The molecule has 0 saturated carbocycles. The van der Waals surface area contributed by atoms with Crippen molar-refractivity contribution in [1.29, 1.82) is 0 Å². The Morgan fingerprint density at radius 1 is 0.971 bits per heavy atom. The summed E-state index contributed by atoms with van der Waals surface area (Å²) in [5.74, 6) is 0.342. The van der Waals surface area contributed by atoms with Gasteiger partial charge in [0.15, 0.2) is 5.78 Å². The summed E-state index contributed by atoms with van der Waals surface area (Å²) in [5, 5.41) is 12.9. The van der Waals surface area contributed by atoms with E-state index in [2.05, 4.69) is 40.2 Å². The number of hydrogen-bond donors (Lipinski definition) is 2. The third-order valence-electron chi connectivity index (χ3n) is 7.04. The maximum absolute atomic E-state index is 13.5. The van der Waals surface area contributed by atoms with Gasteiger partial charge < -0.3 is 10.1 Å². The second-order valence-corrected chi connectivity index (χ2v) is 9.66. The van der Waals surface area contributed by atoms with Crippen molar-refractivity contribution in [1.82, 2.24) is 9.88 Å². The zero-order chi connectivity index (χ0) is 23.5. The third kappa shape index (κ3) is 4.80. The fraction of sp³-hybridized carbons (Fsp3) is 0.276. The normalized spacial score (nSPS) is 17.0. The van der Waals surface area contributed by atoms with Gasteiger partial charge in [-0.2, -0.15) is 0 Å². The van der Waals surface area contributed by atoms with Gasteiger partial charge in [-0.15, -0.1) is 0 Å². The molecule has 2 atom stereocenters. The lowest BCUT2D eigenvalue weighted by Crippen LogP contribution is -2.44. The molecule has 5 rings (SSSR count). The highest BCUT2D eigenvalue weighted by Gasteiger charge is 2.36. The first-order valence-electron chi connectivity index (χ1n) is 11.9. The summed E-state index contributed by atoms with van der Waals surface area (Å²) in [6.07, 6.45) is 3.67. The first-order valence-corrected chi connectivity index (χ1v) is 12.3. The number of likely N-dealkylation sites (tertiary alicyclic amines) is 1. The maximum atomic E-state index is 13.5. The summed E-state index contributed by atoms with van der Waals surface area (Å²) in [6, 6.07) is 25.4. The van der Waals surface area contributed by atoms with Crippen LogP contribution < -0.4 is 0 Å². The van der Waals surface area contributed by atoms with Crippen LogP contribution in [0.25, 0.3) is 10.9 Å². The number of hydrogen-bond acceptors (Lipinski definition) is 3. The number of aliphatic hydroxyl groups is 1. The Morgan fingerprint density at radius 2 is 1.65 bits per heavy atom. The summed E-state index contributed by atoms with van der Waals surface area (Å²) in [7, 11) is 0. The Labute approximate surface area is 205 Å². The Morgan fingerprint density at radius 3 is 2.38 bits per heavy atom. The van der Waals surface area contributed by atoms with Crippen LogP contribution in [0.2, 0.25) is 5.02 Å². The molecular formula is C29H29ClN2O2. The van der Waals surface area contributed by atoms with Gasteiger partial charge in [0, 0.05) is 27.7 Å². The zero-order valence-electron chi connectivity index (χ0n) is 19.0. The van der Waals surface area contributed by atoms with E-state index < -0.39 is 12.1 Å². The second-order valence-electron chi connectivity index (χ2n) is 9.22. The molecule has 4 aromatic rings. The number of nitrogens with zero attached hydrogens (tertiary/aromatic N) is 1. The largest absolute Gasteiger partial charge is 0.383 e. The van der Waals surface area contributed by atoms with Crippen molar-refractivity contribution >= 4 is 28.3 Å². The summed E-state index contributed by atoms with van der Waals surface area (Å²) in [4.78, 5) is 18.9. The molecule has 1 aliphatic heterocycles. The molecule has 2 N–H and O–H groups in total. The lowest BCUT2D eigenvalue weighted by Gasteiger charge is -2.39. The van der Waals surface area contributed by atoms with Gasteiger partial charge in [-0.25, -0.2) is 0 Å². The van der Waals surface area contributed by atoms with Crippen LogP contribution in [0.1, 0.15) is 40.4 Å². The fourth-order valence-electron chi connectivity index (χ4n) is 5.21. The van der Waals surface area contributed by atoms with E-state index in [9.17, 15) is 9.90 Å². The highest BCUT2D eigenvalue weighted by molar-refractivity contribution is 6.30. The maximum Gasteiger partial charge on any atom is 0.195 e. The monoisotopic (exact) mass is 472 g/mol. The van der Waals surface area contributed by atoms with Crippen molar-refractivity contribution in [2.75, 3.05) is 13.1 Å². The number of H-pyrrole nitrogens is 1. The number of aliphatic hydroxyl groups excluding tert-OH is 1. The van der Waals surface area contributed by atoms with Crippen molar-refractivity contribution < 1.29 is 9.90 Å². The number of fused-ring (bicyclic) bond motifs is 1. The molecule has 1 aromatic heterocycles. The number of ketones is 1. The van der Waals surface area contributed by atoms with Crippen LogP contribution >= 0.6 is 11.6 Å². The number of rotatable bonds is 7. The van der Waals surface area contributed by atoms with Crippen molar-refractivity contribution in [3.8, 4) is 0 Å². The van der Waals surface area contributed by atoms with Crippen LogP contribution in [0, 0.1) is 5.92 Å². The first kappa shape index (κ1) is 22.9. The van der Waals surface area contributed by atoms with E-state index in [1.165, 1.54) is 5.56 Å². The molecule has 3 aromatic carbocycles. The molecule has 0 radical (unpaired) electrons. The standard InChI is InChI=1S/C29H29ClN2O2/c30-23-12-10-22(11-13-23)27(29(34)28(33)25-19-31-26-9-5-4-8-24(25)26)32-16-14-21(15-17-32)18-20-6-2-1-3-7-20/h1-13,19,21,27,29,31,34H,14-18H2/t27-,29+/m1/s1. The Balaban J connectivity index is 1.37. The number of para-hydroxylation sites is 1. The molecule has 5 heteroatoms. The number of aromatic nitrogens is 1. The summed E-state index contributed by atoms with van der Waals surface area (Å²) < 4.78 is 0. The first-order chi connectivity index (χ1) is 16.6. The van der Waals surface area contributed by atoms with Crippen molar-refractivity contribution in [3.05, 3.63) is 107 Å². The highest BCUT2D eigenvalue weighted by Crippen LogP contribution is 2.33. The number of piperidine rings is 1. The SMILES string of the molecule is O=C(c1c[nH]c2ccccc12)[C@@H](O)[C@@H](c1ccc(Cl)cc1)N1CCC(Cc2ccccc2)CC1. The Hall–Kier alpha value is -2.92. The van der Waals surface area contributed by atoms with E-state index in [1.54, 1.807) is 6.20 Å². The molecule has 0 bridgehead atoms. The molecule has 1 aliphatic rings. The number of benzene rings is 3. The Bertz CT molecular complexity index is 1240. The van der Waals surface area contributed by atoms with E-state index in [0.717, 1.165) is 48.8 Å². The van der Waals surface area contributed by atoms with Crippen LogP contribution in [0.5, 0.6) is 0 Å². The van der Waals surface area contributed by atoms with E-state index in [0.29, 0.717) is 16.5 Å². The van der Waals surface area contributed by atoms with Crippen LogP contribution in [0.4, 0.5) is 0 Å². The van der Waals surface area contributed by atoms with E-state index >= 15 is 0 Å². The van der Waals surface area contributed by atoms with Gasteiger partial charge in [-0.3, -0.25) is 9.69 Å². The topological polar surface area (TPSA) is 56.3 Å². The van der Waals surface area contributed by atoms with Crippen LogP contribution in [-0.4, -0.2) is 40.0 Å². The van der Waals surface area contributed by atoms with Gasteiger partial charge in [-0.05, 0) is 67.6 Å². The van der Waals surface area contributed by atoms with Gasteiger partial charge in [0.1, 0.15) is 6.10 Å². The molecule has 1 fully saturated rings. The molecular weight excluding hydrogens is 444 g/mol. The second kappa shape index (κ2) is 10.1. The average molecular weight is 473 g/mol. The highest BCUT2D eigenvalue weighted by atomic mass is 35.5. The van der Waals surface area contributed by atoms with Gasteiger partial charge in [0.2, 0.25) is 0 Å². The summed E-state index contributed by atoms with van der Waals surface area (Å²) in [5.41, 5.74) is 3.69. The summed E-state index contributed by atoms with van der Waals surface area (Å²) in [6.45, 7) is 1.67. The zero-order valence-corrected chi connectivity index (χ0v) is 19.8.